The van der Waals surface area contributed by atoms with Crippen molar-refractivity contribution in [3.05, 3.63) is 59.2 Å². The Morgan fingerprint density at radius 3 is 2.78 bits per heavy atom. The third-order valence-corrected chi connectivity index (χ3v) is 3.07. The van der Waals surface area contributed by atoms with E-state index in [9.17, 15) is 4.79 Å². The number of carbonyl (C=O) groups excluding carboxylic acids is 1. The largest absolute Gasteiger partial charge is 0.497 e. The van der Waals surface area contributed by atoms with Crippen LogP contribution >= 0.6 is 0 Å². The SMILES string of the molecule is COc1ccc2c(c1)COc1ccccc1C2=O. The van der Waals surface area contributed by atoms with Gasteiger partial charge in [-0.1, -0.05) is 12.1 Å². The zero-order valence-electron chi connectivity index (χ0n) is 9.97. The van der Waals surface area contributed by atoms with Crippen molar-refractivity contribution < 1.29 is 14.3 Å². The minimum Gasteiger partial charge on any atom is -0.497 e. The van der Waals surface area contributed by atoms with Crippen molar-refractivity contribution >= 4 is 5.78 Å². The molecule has 0 saturated heterocycles. The zero-order valence-corrected chi connectivity index (χ0v) is 9.97. The van der Waals surface area contributed by atoms with Gasteiger partial charge < -0.3 is 9.47 Å². The molecule has 0 N–H and O–H groups in total. The van der Waals surface area contributed by atoms with Crippen LogP contribution in [0.5, 0.6) is 11.5 Å². The van der Waals surface area contributed by atoms with Gasteiger partial charge in [-0.05, 0) is 30.3 Å². The number of fused-ring (bicyclic) bond motifs is 2. The molecule has 0 spiro atoms. The molecule has 0 saturated carbocycles. The molecule has 3 heteroatoms. The lowest BCUT2D eigenvalue weighted by atomic mass is 9.99. The van der Waals surface area contributed by atoms with Gasteiger partial charge in [-0.15, -0.1) is 0 Å². The molecule has 1 aliphatic heterocycles. The highest BCUT2D eigenvalue weighted by molar-refractivity contribution is 6.12. The Morgan fingerprint density at radius 1 is 1.11 bits per heavy atom. The average molecular weight is 240 g/mol. The standard InChI is InChI=1S/C15H12O3/c1-17-11-6-7-12-10(8-11)9-18-14-5-3-2-4-13(14)15(12)16/h2-8H,9H2,1H3. The predicted molar refractivity (Wildman–Crippen MR) is 67.2 cm³/mol. The summed E-state index contributed by atoms with van der Waals surface area (Å²) in [5, 5.41) is 0. The van der Waals surface area contributed by atoms with Gasteiger partial charge in [0, 0.05) is 11.1 Å². The van der Waals surface area contributed by atoms with Crippen LogP contribution in [0.25, 0.3) is 0 Å². The van der Waals surface area contributed by atoms with E-state index in [2.05, 4.69) is 0 Å². The van der Waals surface area contributed by atoms with Crippen LogP contribution in [0.15, 0.2) is 42.5 Å². The van der Waals surface area contributed by atoms with Gasteiger partial charge in [-0.2, -0.15) is 0 Å². The molecule has 1 aliphatic rings. The minimum absolute atomic E-state index is 0.000697. The summed E-state index contributed by atoms with van der Waals surface area (Å²) in [6, 6.07) is 12.7. The first-order chi connectivity index (χ1) is 8.79. The molecule has 0 aliphatic carbocycles. The van der Waals surface area contributed by atoms with E-state index in [0.29, 0.717) is 23.5 Å². The quantitative estimate of drug-likeness (QED) is 0.768. The van der Waals surface area contributed by atoms with Crippen molar-refractivity contribution in [2.45, 2.75) is 6.61 Å². The molecule has 0 bridgehead atoms. The van der Waals surface area contributed by atoms with Crippen LogP contribution in [0.1, 0.15) is 21.5 Å². The highest BCUT2D eigenvalue weighted by atomic mass is 16.5. The molecule has 90 valence electrons. The summed E-state index contributed by atoms with van der Waals surface area (Å²) in [7, 11) is 1.61. The van der Waals surface area contributed by atoms with E-state index in [-0.39, 0.29) is 5.78 Å². The first-order valence-corrected chi connectivity index (χ1v) is 5.73. The van der Waals surface area contributed by atoms with Gasteiger partial charge in [-0.25, -0.2) is 0 Å². The van der Waals surface area contributed by atoms with Crippen molar-refractivity contribution in [1.29, 1.82) is 0 Å². The monoisotopic (exact) mass is 240 g/mol. The first kappa shape index (κ1) is 10.8. The molecule has 2 aromatic rings. The topological polar surface area (TPSA) is 35.5 Å². The van der Waals surface area contributed by atoms with Gasteiger partial charge in [0.15, 0.2) is 5.78 Å². The Hall–Kier alpha value is -2.29. The summed E-state index contributed by atoms with van der Waals surface area (Å²) in [6.07, 6.45) is 0. The highest BCUT2D eigenvalue weighted by Gasteiger charge is 2.21. The van der Waals surface area contributed by atoms with E-state index in [4.69, 9.17) is 9.47 Å². The van der Waals surface area contributed by atoms with Gasteiger partial charge in [0.1, 0.15) is 18.1 Å². The smallest absolute Gasteiger partial charge is 0.197 e. The number of hydrogen-bond acceptors (Lipinski definition) is 3. The van der Waals surface area contributed by atoms with E-state index in [1.165, 1.54) is 0 Å². The van der Waals surface area contributed by atoms with Crippen LogP contribution in [-0.2, 0) is 6.61 Å². The summed E-state index contributed by atoms with van der Waals surface area (Å²) in [6.45, 7) is 0.384. The Kier molecular flexibility index (Phi) is 2.52. The van der Waals surface area contributed by atoms with Crippen LogP contribution in [-0.4, -0.2) is 12.9 Å². The Balaban J connectivity index is 2.15. The summed E-state index contributed by atoms with van der Waals surface area (Å²) in [5.41, 5.74) is 2.15. The summed E-state index contributed by atoms with van der Waals surface area (Å²) < 4.78 is 10.8. The van der Waals surface area contributed by atoms with E-state index in [1.807, 2.05) is 24.3 Å². The second kappa shape index (κ2) is 4.18. The highest BCUT2D eigenvalue weighted by Crippen LogP contribution is 2.29. The van der Waals surface area contributed by atoms with E-state index < -0.39 is 0 Å². The van der Waals surface area contributed by atoms with Crippen LogP contribution in [0.2, 0.25) is 0 Å². The second-order valence-corrected chi connectivity index (χ2v) is 4.14. The fourth-order valence-electron chi connectivity index (χ4n) is 2.12. The number of carbonyl (C=O) groups is 1. The van der Waals surface area contributed by atoms with Crippen LogP contribution in [0, 0.1) is 0 Å². The maximum Gasteiger partial charge on any atom is 0.197 e. The second-order valence-electron chi connectivity index (χ2n) is 4.14. The van der Waals surface area contributed by atoms with E-state index >= 15 is 0 Å². The molecule has 3 nitrogen and oxygen atoms in total. The molecule has 1 heterocycles. The average Bonchev–Trinajstić information content (AvgIpc) is 2.57. The number of benzene rings is 2. The van der Waals surface area contributed by atoms with Crippen molar-refractivity contribution in [2.75, 3.05) is 7.11 Å². The summed E-state index contributed by atoms with van der Waals surface area (Å²) in [4.78, 5) is 12.4. The lowest BCUT2D eigenvalue weighted by Gasteiger charge is -2.06. The maximum absolute atomic E-state index is 12.4. The zero-order chi connectivity index (χ0) is 12.5. The number of ether oxygens (including phenoxy) is 2. The molecular formula is C15H12O3. The molecule has 0 amide bonds. The number of rotatable bonds is 1. The van der Waals surface area contributed by atoms with Crippen LogP contribution in [0.4, 0.5) is 0 Å². The van der Waals surface area contributed by atoms with Crippen LogP contribution < -0.4 is 9.47 Å². The van der Waals surface area contributed by atoms with Crippen molar-refractivity contribution in [1.82, 2.24) is 0 Å². The van der Waals surface area contributed by atoms with Crippen molar-refractivity contribution in [3.8, 4) is 11.5 Å². The number of methoxy groups -OCH3 is 1. The number of para-hydroxylation sites is 1. The minimum atomic E-state index is 0.000697. The third-order valence-electron chi connectivity index (χ3n) is 3.07. The third kappa shape index (κ3) is 1.64. The van der Waals surface area contributed by atoms with Gasteiger partial charge in [0.2, 0.25) is 0 Å². The molecular weight excluding hydrogens is 228 g/mol. The number of ketones is 1. The Morgan fingerprint density at radius 2 is 1.94 bits per heavy atom. The molecule has 18 heavy (non-hydrogen) atoms. The summed E-state index contributed by atoms with van der Waals surface area (Å²) >= 11 is 0. The van der Waals surface area contributed by atoms with Crippen LogP contribution in [0.3, 0.4) is 0 Å². The molecule has 0 unspecified atom stereocenters. The molecule has 0 atom stereocenters. The van der Waals surface area contributed by atoms with Gasteiger partial charge >= 0.3 is 0 Å². The van der Waals surface area contributed by atoms with Gasteiger partial charge in [0.25, 0.3) is 0 Å². The first-order valence-electron chi connectivity index (χ1n) is 5.73. The molecule has 2 aromatic carbocycles. The van der Waals surface area contributed by atoms with Crippen molar-refractivity contribution in [3.63, 3.8) is 0 Å². The van der Waals surface area contributed by atoms with E-state index in [1.54, 1.807) is 25.3 Å². The van der Waals surface area contributed by atoms with Gasteiger partial charge in [-0.3, -0.25) is 4.79 Å². The lowest BCUT2D eigenvalue weighted by molar-refractivity contribution is 0.103. The Bertz CT molecular complexity index is 617. The maximum atomic E-state index is 12.4. The fraction of sp³-hybridized carbons (Fsp3) is 0.133. The fourth-order valence-corrected chi connectivity index (χ4v) is 2.12. The predicted octanol–water partition coefficient (Wildman–Crippen LogP) is 2.82. The van der Waals surface area contributed by atoms with Crippen molar-refractivity contribution in [2.24, 2.45) is 0 Å². The molecule has 0 fully saturated rings. The summed E-state index contributed by atoms with van der Waals surface area (Å²) in [5.74, 6) is 1.37. The normalized spacial score (nSPS) is 13.1. The van der Waals surface area contributed by atoms with Gasteiger partial charge in [0.05, 0.1) is 12.7 Å². The molecule has 0 radical (unpaired) electrons. The molecule has 0 aromatic heterocycles. The Labute approximate surface area is 105 Å². The lowest BCUT2D eigenvalue weighted by Crippen LogP contribution is -2.02. The molecule has 3 rings (SSSR count). The number of hydrogen-bond donors (Lipinski definition) is 0. The van der Waals surface area contributed by atoms with E-state index in [0.717, 1.165) is 11.3 Å².